The normalized spacial score (nSPS) is 11.9. The number of aryl methyl sites for hydroxylation is 1. The van der Waals surface area contributed by atoms with Gasteiger partial charge in [-0.2, -0.15) is 3.71 Å². The second kappa shape index (κ2) is 10.2. The molecule has 2 heterocycles. The average molecular weight is 544 g/mol. The van der Waals surface area contributed by atoms with Gasteiger partial charge in [0.2, 0.25) is 20.0 Å². The summed E-state index contributed by atoms with van der Waals surface area (Å²) in [5, 5.41) is 3.73. The fourth-order valence-electron chi connectivity index (χ4n) is 3.87. The van der Waals surface area contributed by atoms with Crippen molar-refractivity contribution in [3.05, 3.63) is 94.2 Å². The lowest BCUT2D eigenvalue weighted by molar-refractivity contribution is 0.0979. The first kappa shape index (κ1) is 26.1. The lowest BCUT2D eigenvalue weighted by atomic mass is 10.1. The van der Waals surface area contributed by atoms with Crippen molar-refractivity contribution in [3.8, 4) is 0 Å². The highest BCUT2D eigenvalue weighted by Gasteiger charge is 2.27. The van der Waals surface area contributed by atoms with Crippen molar-refractivity contribution in [3.63, 3.8) is 0 Å². The number of nitrogens with zero attached hydrogens (tertiary/aromatic N) is 4. The van der Waals surface area contributed by atoms with Gasteiger partial charge < -0.3 is 10.2 Å². The Kier molecular flexibility index (Phi) is 7.18. The van der Waals surface area contributed by atoms with Crippen molar-refractivity contribution in [2.45, 2.75) is 20.1 Å². The van der Waals surface area contributed by atoms with Gasteiger partial charge in [-0.05, 0) is 30.2 Å². The molecule has 0 radical (unpaired) electrons. The van der Waals surface area contributed by atoms with Gasteiger partial charge in [-0.15, -0.1) is 4.73 Å². The monoisotopic (exact) mass is 543 g/mol. The van der Waals surface area contributed by atoms with Crippen LogP contribution in [0, 0.1) is 6.92 Å². The van der Waals surface area contributed by atoms with Crippen LogP contribution in [0.4, 0.5) is 11.4 Å². The van der Waals surface area contributed by atoms with E-state index in [1.54, 1.807) is 19.1 Å². The van der Waals surface area contributed by atoms with Gasteiger partial charge in [0.25, 0.3) is 5.56 Å². The van der Waals surface area contributed by atoms with Crippen molar-refractivity contribution in [2.24, 2.45) is 0 Å². The summed E-state index contributed by atoms with van der Waals surface area (Å²) < 4.78 is 50.0. The van der Waals surface area contributed by atoms with Crippen LogP contribution >= 0.6 is 0 Å². The summed E-state index contributed by atoms with van der Waals surface area (Å²) in [6, 6.07) is 16.9. The Balaban J connectivity index is 1.66. The van der Waals surface area contributed by atoms with E-state index in [1.165, 1.54) is 24.5 Å². The molecule has 11 nitrogen and oxygen atoms in total. The third-order valence-electron chi connectivity index (χ3n) is 5.36. The van der Waals surface area contributed by atoms with Crippen LogP contribution in [-0.2, 0) is 33.2 Å². The number of fused-ring (bicyclic) bond motifs is 1. The summed E-state index contributed by atoms with van der Waals surface area (Å²) in [7, 11) is -8.16. The molecule has 0 fully saturated rings. The van der Waals surface area contributed by atoms with Gasteiger partial charge in [0.05, 0.1) is 35.0 Å². The number of nitrogens with one attached hydrogen (secondary N) is 1. The number of aromatic nitrogens is 3. The van der Waals surface area contributed by atoms with Gasteiger partial charge in [0, 0.05) is 12.6 Å². The molecule has 4 aromatic rings. The van der Waals surface area contributed by atoms with E-state index in [9.17, 15) is 21.6 Å². The molecule has 0 aliphatic heterocycles. The molecule has 13 heteroatoms. The maximum absolute atomic E-state index is 13.0. The number of benzene rings is 2. The highest BCUT2D eigenvalue weighted by atomic mass is 32.3. The number of hydrogen-bond acceptors (Lipinski definition) is 9. The first-order valence-corrected chi connectivity index (χ1v) is 14.7. The minimum absolute atomic E-state index is 0.0154. The van der Waals surface area contributed by atoms with Crippen LogP contribution in [0.1, 0.15) is 16.8 Å². The number of hydrogen-bond donors (Lipinski definition) is 1. The molecule has 194 valence electrons. The molecule has 2 aromatic heterocycles. The molecule has 1 N–H and O–H groups in total. The lowest BCUT2D eigenvalue weighted by Crippen LogP contribution is -2.35. The van der Waals surface area contributed by atoms with Crippen LogP contribution in [0.15, 0.2) is 71.8 Å². The van der Waals surface area contributed by atoms with Gasteiger partial charge in [-0.3, -0.25) is 4.79 Å². The summed E-state index contributed by atoms with van der Waals surface area (Å²) in [5.41, 5.74) is 2.35. The average Bonchev–Trinajstić information content (AvgIpc) is 2.81. The molecule has 0 atom stereocenters. The van der Waals surface area contributed by atoms with E-state index in [2.05, 4.69) is 15.3 Å². The summed E-state index contributed by atoms with van der Waals surface area (Å²) >= 11 is 0. The topological polar surface area (TPSA) is 141 Å². The Morgan fingerprint density at radius 1 is 0.919 bits per heavy atom. The van der Waals surface area contributed by atoms with E-state index in [1.807, 2.05) is 30.3 Å². The van der Waals surface area contributed by atoms with Gasteiger partial charge in [0.15, 0.2) is 5.65 Å². The van der Waals surface area contributed by atoms with Crippen molar-refractivity contribution >= 4 is 42.5 Å². The van der Waals surface area contributed by atoms with Crippen LogP contribution in [0.25, 0.3) is 11.0 Å². The highest BCUT2D eigenvalue weighted by molar-refractivity contribution is 8.09. The maximum Gasteiger partial charge on any atom is 0.287 e. The van der Waals surface area contributed by atoms with Crippen LogP contribution in [0.3, 0.4) is 0 Å². The zero-order valence-corrected chi connectivity index (χ0v) is 22.0. The van der Waals surface area contributed by atoms with Crippen LogP contribution in [-0.4, -0.2) is 44.0 Å². The van der Waals surface area contributed by atoms with E-state index in [4.69, 9.17) is 4.84 Å². The quantitative estimate of drug-likeness (QED) is 0.336. The van der Waals surface area contributed by atoms with E-state index in [-0.39, 0.29) is 24.5 Å². The van der Waals surface area contributed by atoms with Crippen molar-refractivity contribution in [1.82, 2.24) is 14.7 Å². The molecule has 37 heavy (non-hydrogen) atoms. The Labute approximate surface area is 214 Å². The zero-order chi connectivity index (χ0) is 26.8. The van der Waals surface area contributed by atoms with Crippen molar-refractivity contribution < 1.29 is 21.7 Å². The van der Waals surface area contributed by atoms with E-state index < -0.39 is 25.6 Å². The fraction of sp³-hybridized carbons (Fsp3) is 0.208. The third kappa shape index (κ3) is 5.89. The maximum atomic E-state index is 13.0. The summed E-state index contributed by atoms with van der Waals surface area (Å²) in [5.74, 6) is 0. The summed E-state index contributed by atoms with van der Waals surface area (Å²) in [6.45, 7) is 2.10. The number of sulfonamides is 2. The van der Waals surface area contributed by atoms with Crippen LogP contribution < -0.4 is 19.4 Å². The Morgan fingerprint density at radius 3 is 2.27 bits per heavy atom. The molecule has 0 amide bonds. The number of pyridine rings is 1. The molecule has 0 aliphatic rings. The third-order valence-corrected chi connectivity index (χ3v) is 8.61. The minimum atomic E-state index is -4.08. The Morgan fingerprint density at radius 2 is 1.59 bits per heavy atom. The molecule has 0 bridgehead atoms. The van der Waals surface area contributed by atoms with Crippen LogP contribution in [0.2, 0.25) is 0 Å². The molecule has 0 saturated heterocycles. The van der Waals surface area contributed by atoms with Crippen LogP contribution in [0.5, 0.6) is 0 Å². The van der Waals surface area contributed by atoms with E-state index >= 15 is 0 Å². The smallest absolute Gasteiger partial charge is 0.287 e. The number of rotatable bonds is 9. The van der Waals surface area contributed by atoms with Gasteiger partial charge in [-0.1, -0.05) is 42.5 Å². The molecule has 0 unspecified atom stereocenters. The molecule has 0 saturated carbocycles. The molecule has 4 rings (SSSR count). The number of anilines is 2. The standard InChI is InChI=1S/C24H25N5O6S2/c1-17-23-21(25-14-19-10-7-11-20(12-19)29(36(2,31)32)37(3,33)34)13-22(30)28(24(23)27-16-26-17)35-15-18-8-5-4-6-9-18/h4-13,16,25H,14-15H2,1-3H3. The molecular formula is C24H25N5O6S2. The van der Waals surface area contributed by atoms with Crippen molar-refractivity contribution in [1.29, 1.82) is 0 Å². The SMILES string of the molecule is Cc1ncnc2c1c(NCc1cccc(N(S(C)(=O)=O)S(C)(=O)=O)c1)cc(=O)n2OCc1ccccc1. The van der Waals surface area contributed by atoms with E-state index in [0.29, 0.717) is 26.0 Å². The summed E-state index contributed by atoms with van der Waals surface area (Å²) in [6.07, 6.45) is 2.99. The second-order valence-corrected chi connectivity index (χ2v) is 12.2. The Bertz CT molecular complexity index is 1690. The molecule has 0 aliphatic carbocycles. The predicted octanol–water partition coefficient (Wildman–Crippen LogP) is 2.07. The van der Waals surface area contributed by atoms with E-state index in [0.717, 1.165) is 22.8 Å². The first-order chi connectivity index (χ1) is 17.4. The fourth-order valence-corrected chi connectivity index (χ4v) is 6.83. The van der Waals surface area contributed by atoms with Crippen molar-refractivity contribution in [2.75, 3.05) is 21.5 Å². The Hall–Kier alpha value is -3.97. The lowest BCUT2D eigenvalue weighted by Gasteiger charge is -2.20. The zero-order valence-electron chi connectivity index (χ0n) is 20.3. The van der Waals surface area contributed by atoms with Gasteiger partial charge in [0.1, 0.15) is 12.9 Å². The molecule has 0 spiro atoms. The second-order valence-electron chi connectivity index (χ2n) is 8.35. The first-order valence-electron chi connectivity index (χ1n) is 11.0. The van der Waals surface area contributed by atoms with Gasteiger partial charge in [-0.25, -0.2) is 26.8 Å². The molecular weight excluding hydrogens is 518 g/mol. The molecule has 2 aromatic carbocycles. The minimum Gasteiger partial charge on any atom is -0.404 e. The summed E-state index contributed by atoms with van der Waals surface area (Å²) in [4.78, 5) is 27.3. The highest BCUT2D eigenvalue weighted by Crippen LogP contribution is 2.25. The van der Waals surface area contributed by atoms with Gasteiger partial charge >= 0.3 is 0 Å². The largest absolute Gasteiger partial charge is 0.404 e. The predicted molar refractivity (Wildman–Crippen MR) is 141 cm³/mol.